The summed E-state index contributed by atoms with van der Waals surface area (Å²) < 4.78 is 20.9. The predicted molar refractivity (Wildman–Crippen MR) is 112 cm³/mol. The normalized spacial score (nSPS) is 13.3. The highest BCUT2D eigenvalue weighted by Gasteiger charge is 2.18. The summed E-state index contributed by atoms with van der Waals surface area (Å²) in [6, 6.07) is 20.6. The Labute approximate surface area is 172 Å². The molecule has 0 aliphatic heterocycles. The number of aromatic nitrogens is 1. The monoisotopic (exact) mass is 397 g/mol. The minimum Gasteiger partial charge on any atom is -0.384 e. The summed E-state index contributed by atoms with van der Waals surface area (Å²) in [7, 11) is 1.71. The summed E-state index contributed by atoms with van der Waals surface area (Å²) in [6.07, 6.45) is 2.44. The Kier molecular flexibility index (Phi) is 7.99. The molecule has 3 aromatic rings. The number of rotatable bonds is 11. The van der Waals surface area contributed by atoms with Crippen LogP contribution in [0.1, 0.15) is 29.3 Å². The lowest BCUT2D eigenvalue weighted by atomic mass is 10.1. The van der Waals surface area contributed by atoms with E-state index in [0.29, 0.717) is 19.7 Å². The molecule has 0 aliphatic rings. The molecule has 0 bridgehead atoms. The largest absolute Gasteiger partial charge is 0.384 e. The second kappa shape index (κ2) is 10.9. The number of aliphatic hydroxyl groups excluding tert-OH is 1. The van der Waals surface area contributed by atoms with E-state index in [9.17, 15) is 9.50 Å². The molecule has 2 N–H and O–H groups in total. The highest BCUT2D eigenvalue weighted by molar-refractivity contribution is 5.19. The van der Waals surface area contributed by atoms with E-state index >= 15 is 0 Å². The lowest BCUT2D eigenvalue weighted by Crippen LogP contribution is -3.11. The zero-order valence-electron chi connectivity index (χ0n) is 16.9. The van der Waals surface area contributed by atoms with Crippen LogP contribution >= 0.6 is 0 Å². The van der Waals surface area contributed by atoms with Gasteiger partial charge in [0.15, 0.2) is 0 Å². The number of aliphatic hydroxyl groups is 1. The van der Waals surface area contributed by atoms with Crippen molar-refractivity contribution in [1.82, 2.24) is 4.57 Å². The summed E-state index contributed by atoms with van der Waals surface area (Å²) in [5, 5.41) is 10.7. The predicted octanol–water partition coefficient (Wildman–Crippen LogP) is 2.83. The average molecular weight is 398 g/mol. The van der Waals surface area contributed by atoms with Gasteiger partial charge in [-0.25, -0.2) is 4.39 Å². The first kappa shape index (κ1) is 21.2. The van der Waals surface area contributed by atoms with E-state index in [0.717, 1.165) is 30.6 Å². The number of ether oxygens (including phenoxy) is 1. The number of nitrogens with one attached hydrogen (secondary N) is 1. The molecule has 5 heteroatoms. The highest BCUT2D eigenvalue weighted by atomic mass is 19.1. The Bertz CT molecular complexity index is 866. The molecule has 0 spiro atoms. The van der Waals surface area contributed by atoms with E-state index in [2.05, 4.69) is 10.6 Å². The first-order valence-corrected chi connectivity index (χ1v) is 10.1. The molecule has 1 aromatic heterocycles. The zero-order chi connectivity index (χ0) is 20.5. The van der Waals surface area contributed by atoms with Gasteiger partial charge in [0.2, 0.25) is 0 Å². The van der Waals surface area contributed by atoms with Crippen LogP contribution in [0.3, 0.4) is 0 Å². The lowest BCUT2D eigenvalue weighted by molar-refractivity contribution is -0.918. The van der Waals surface area contributed by atoms with Crippen LogP contribution in [0.4, 0.5) is 4.39 Å². The Morgan fingerprint density at radius 3 is 2.66 bits per heavy atom. The quantitative estimate of drug-likeness (QED) is 0.489. The Morgan fingerprint density at radius 1 is 1.07 bits per heavy atom. The van der Waals surface area contributed by atoms with Gasteiger partial charge in [-0.1, -0.05) is 42.5 Å². The number of nitrogens with zero attached hydrogens (tertiary/aromatic N) is 1. The number of methoxy groups -OCH3 is 1. The van der Waals surface area contributed by atoms with Gasteiger partial charge in [-0.15, -0.1) is 0 Å². The molecule has 29 heavy (non-hydrogen) atoms. The van der Waals surface area contributed by atoms with Gasteiger partial charge in [0, 0.05) is 26.3 Å². The van der Waals surface area contributed by atoms with Crippen molar-refractivity contribution in [2.45, 2.75) is 25.6 Å². The fourth-order valence-corrected chi connectivity index (χ4v) is 3.65. The van der Waals surface area contributed by atoms with Crippen molar-refractivity contribution < 1.29 is 19.1 Å². The molecule has 0 fully saturated rings. The van der Waals surface area contributed by atoms with Crippen LogP contribution in [-0.2, 0) is 17.8 Å². The minimum atomic E-state index is -0.514. The second-order valence-electron chi connectivity index (χ2n) is 7.41. The maximum atomic E-state index is 13.5. The van der Waals surface area contributed by atoms with Crippen LogP contribution in [0.25, 0.3) is 0 Å². The molecule has 4 nitrogen and oxygen atoms in total. The Morgan fingerprint density at radius 2 is 1.90 bits per heavy atom. The van der Waals surface area contributed by atoms with Crippen molar-refractivity contribution in [3.8, 4) is 0 Å². The van der Waals surface area contributed by atoms with Gasteiger partial charge in [0.1, 0.15) is 25.0 Å². The van der Waals surface area contributed by atoms with E-state index in [1.165, 1.54) is 16.7 Å². The molecule has 0 saturated carbocycles. The van der Waals surface area contributed by atoms with Crippen molar-refractivity contribution in [1.29, 1.82) is 0 Å². The zero-order valence-corrected chi connectivity index (χ0v) is 16.9. The van der Waals surface area contributed by atoms with Gasteiger partial charge in [0.25, 0.3) is 0 Å². The molecule has 0 saturated heterocycles. The number of quaternary nitrogens is 1. The molecule has 0 amide bonds. The van der Waals surface area contributed by atoms with E-state index in [1.807, 2.05) is 48.7 Å². The van der Waals surface area contributed by atoms with Gasteiger partial charge in [-0.2, -0.15) is 0 Å². The third kappa shape index (κ3) is 6.53. The SMILES string of the molecule is COCCC[NH+](Cc1cccn1Cc1cccc(F)c1)C[C@@H](O)c1ccccc1. The number of hydrogen-bond acceptors (Lipinski definition) is 2. The Hall–Kier alpha value is -2.47. The first-order chi connectivity index (χ1) is 14.2. The van der Waals surface area contributed by atoms with Crippen LogP contribution in [0.5, 0.6) is 0 Å². The smallest absolute Gasteiger partial charge is 0.128 e. The van der Waals surface area contributed by atoms with Crippen LogP contribution in [0.2, 0.25) is 0 Å². The molecule has 2 atom stereocenters. The molecule has 1 unspecified atom stereocenters. The van der Waals surface area contributed by atoms with Crippen LogP contribution in [0.15, 0.2) is 72.9 Å². The van der Waals surface area contributed by atoms with Crippen LogP contribution < -0.4 is 4.90 Å². The van der Waals surface area contributed by atoms with Gasteiger partial charge >= 0.3 is 0 Å². The second-order valence-corrected chi connectivity index (χ2v) is 7.41. The molecule has 154 valence electrons. The van der Waals surface area contributed by atoms with E-state index < -0.39 is 6.10 Å². The summed E-state index contributed by atoms with van der Waals surface area (Å²) in [5.41, 5.74) is 3.04. The molecule has 0 aliphatic carbocycles. The molecular weight excluding hydrogens is 367 g/mol. The summed E-state index contributed by atoms with van der Waals surface area (Å²) in [5.74, 6) is -0.214. The van der Waals surface area contributed by atoms with Crippen LogP contribution in [-0.4, -0.2) is 36.5 Å². The van der Waals surface area contributed by atoms with E-state index in [4.69, 9.17) is 4.74 Å². The topological polar surface area (TPSA) is 38.8 Å². The first-order valence-electron chi connectivity index (χ1n) is 10.1. The standard InChI is InChI=1S/C24H29FN2O2/c1-29-15-7-13-26(19-24(28)21-9-3-2-4-10-21)18-23-12-6-14-27(23)17-20-8-5-11-22(25)16-20/h2-6,8-12,14,16,24,28H,7,13,15,17-19H2,1H3/p+1/t24-/m1/s1. The third-order valence-electron chi connectivity index (χ3n) is 5.14. The average Bonchev–Trinajstić information content (AvgIpc) is 3.15. The van der Waals surface area contributed by atoms with Crippen molar-refractivity contribution in [2.75, 3.05) is 26.8 Å². The van der Waals surface area contributed by atoms with Crippen LogP contribution in [0, 0.1) is 5.82 Å². The number of halogens is 1. The van der Waals surface area contributed by atoms with Gasteiger partial charge in [-0.05, 0) is 35.4 Å². The van der Waals surface area contributed by atoms with Gasteiger partial charge in [0.05, 0.1) is 18.8 Å². The van der Waals surface area contributed by atoms with E-state index in [1.54, 1.807) is 19.2 Å². The fourth-order valence-electron chi connectivity index (χ4n) is 3.65. The fraction of sp³-hybridized carbons (Fsp3) is 0.333. The Balaban J connectivity index is 1.69. The number of benzene rings is 2. The highest BCUT2D eigenvalue weighted by Crippen LogP contribution is 2.11. The van der Waals surface area contributed by atoms with Gasteiger partial charge < -0.3 is 19.3 Å². The van der Waals surface area contributed by atoms with E-state index in [-0.39, 0.29) is 5.82 Å². The van der Waals surface area contributed by atoms with Crippen molar-refractivity contribution >= 4 is 0 Å². The summed E-state index contributed by atoms with van der Waals surface area (Å²) >= 11 is 0. The summed E-state index contributed by atoms with van der Waals surface area (Å²) in [6.45, 7) is 3.65. The maximum absolute atomic E-state index is 13.5. The molecule has 0 radical (unpaired) electrons. The molecule has 2 aromatic carbocycles. The summed E-state index contributed by atoms with van der Waals surface area (Å²) in [4.78, 5) is 1.29. The van der Waals surface area contributed by atoms with Crippen molar-refractivity contribution in [3.63, 3.8) is 0 Å². The number of hydrogen-bond donors (Lipinski definition) is 2. The molecule has 1 heterocycles. The van der Waals surface area contributed by atoms with Crippen molar-refractivity contribution in [3.05, 3.63) is 95.6 Å². The molecule has 3 rings (SSSR count). The maximum Gasteiger partial charge on any atom is 0.128 e. The van der Waals surface area contributed by atoms with Crippen molar-refractivity contribution in [2.24, 2.45) is 0 Å². The molecular formula is C24H30FN2O2+. The third-order valence-corrected chi connectivity index (χ3v) is 5.14. The minimum absolute atomic E-state index is 0.214. The lowest BCUT2D eigenvalue weighted by Gasteiger charge is -2.23. The van der Waals surface area contributed by atoms with Gasteiger partial charge in [-0.3, -0.25) is 0 Å².